The topological polar surface area (TPSA) is 154 Å². The minimum absolute atomic E-state index is 0.0722. The van der Waals surface area contributed by atoms with Crippen LogP contribution in [0.25, 0.3) is 5.00 Å². The lowest BCUT2D eigenvalue weighted by atomic mass is 9.99. The van der Waals surface area contributed by atoms with Gasteiger partial charge < -0.3 is 19.5 Å². The molecule has 2 aromatic heterocycles. The molecule has 51 heavy (non-hydrogen) atoms. The van der Waals surface area contributed by atoms with Crippen LogP contribution in [0.1, 0.15) is 86.2 Å². The molecule has 5 heterocycles. The maximum Gasteiger partial charge on any atom is 0.264 e. The Kier molecular flexibility index (Phi) is 10.4. The van der Waals surface area contributed by atoms with E-state index in [1.807, 2.05) is 19.9 Å². The van der Waals surface area contributed by atoms with Gasteiger partial charge >= 0.3 is 0 Å². The van der Waals surface area contributed by atoms with Gasteiger partial charge in [0, 0.05) is 35.7 Å². The number of rotatable bonds is 14. The van der Waals surface area contributed by atoms with E-state index in [9.17, 15) is 19.2 Å². The summed E-state index contributed by atoms with van der Waals surface area (Å²) in [5.41, 5.74) is 4.73. The second kappa shape index (κ2) is 15.2. The number of amides is 4. The van der Waals surface area contributed by atoms with Crippen molar-refractivity contribution in [3.05, 3.63) is 92.9 Å². The molecule has 0 spiro atoms. The number of ether oxygens (including phenoxy) is 3. The maximum atomic E-state index is 13.3. The summed E-state index contributed by atoms with van der Waals surface area (Å²) in [4.78, 5) is 52.6. The molecule has 13 nitrogen and oxygen atoms in total. The highest BCUT2D eigenvalue weighted by Gasteiger charge is 2.45. The van der Waals surface area contributed by atoms with Gasteiger partial charge in [-0.3, -0.25) is 34.0 Å². The van der Waals surface area contributed by atoms with E-state index in [1.165, 1.54) is 21.6 Å². The summed E-state index contributed by atoms with van der Waals surface area (Å²) >= 11 is 1.79. The van der Waals surface area contributed by atoms with Crippen LogP contribution in [0, 0.1) is 6.92 Å². The molecule has 1 fully saturated rings. The molecule has 0 saturated carbocycles. The van der Waals surface area contributed by atoms with E-state index in [0.29, 0.717) is 45.3 Å². The van der Waals surface area contributed by atoms with Gasteiger partial charge in [0.1, 0.15) is 23.0 Å². The van der Waals surface area contributed by atoms with E-state index in [0.717, 1.165) is 40.8 Å². The zero-order valence-electron chi connectivity index (χ0n) is 28.6. The minimum atomic E-state index is -1.01. The van der Waals surface area contributed by atoms with Crippen molar-refractivity contribution < 1.29 is 33.4 Å². The van der Waals surface area contributed by atoms with Gasteiger partial charge in [0.25, 0.3) is 11.8 Å². The highest BCUT2D eigenvalue weighted by molar-refractivity contribution is 7.15. The van der Waals surface area contributed by atoms with Crippen molar-refractivity contribution >= 4 is 40.7 Å². The molecule has 4 amide bonds. The van der Waals surface area contributed by atoms with Crippen LogP contribution >= 0.6 is 11.3 Å². The Hall–Kier alpha value is -4.76. The molecule has 14 heteroatoms. The third kappa shape index (κ3) is 7.09. The normalized spacial score (nSPS) is 18.4. The summed E-state index contributed by atoms with van der Waals surface area (Å²) in [7, 11) is 0. The number of piperidine rings is 1. The first-order chi connectivity index (χ1) is 24.8. The van der Waals surface area contributed by atoms with Crippen molar-refractivity contribution in [3.63, 3.8) is 0 Å². The Bertz CT molecular complexity index is 1960. The van der Waals surface area contributed by atoms with E-state index in [4.69, 9.17) is 14.2 Å². The summed E-state index contributed by atoms with van der Waals surface area (Å²) in [5, 5.41) is 15.3. The van der Waals surface area contributed by atoms with Crippen LogP contribution in [-0.4, -0.2) is 82.3 Å². The maximum absolute atomic E-state index is 13.3. The van der Waals surface area contributed by atoms with Crippen molar-refractivity contribution in [1.82, 2.24) is 25.0 Å². The highest BCUT2D eigenvalue weighted by Crippen LogP contribution is 2.40. The number of imide groups is 2. The number of hydrogen-bond acceptors (Lipinski definition) is 11. The number of benzene rings is 2. The smallest absolute Gasteiger partial charge is 0.264 e. The molecule has 3 aliphatic heterocycles. The summed E-state index contributed by atoms with van der Waals surface area (Å²) < 4.78 is 20.1. The van der Waals surface area contributed by atoms with Crippen molar-refractivity contribution in [2.45, 2.75) is 64.7 Å². The number of carbonyl (C=O) groups is 4. The van der Waals surface area contributed by atoms with Gasteiger partial charge in [-0.2, -0.15) is 0 Å². The van der Waals surface area contributed by atoms with Crippen LogP contribution in [-0.2, 0) is 43.2 Å². The molecule has 7 rings (SSSR count). The Morgan fingerprint density at radius 3 is 2.59 bits per heavy atom. The van der Waals surface area contributed by atoms with Gasteiger partial charge in [0.2, 0.25) is 11.8 Å². The Labute approximate surface area is 299 Å². The van der Waals surface area contributed by atoms with Crippen molar-refractivity contribution in [2.75, 3.05) is 38.3 Å². The molecule has 2 atom stereocenters. The van der Waals surface area contributed by atoms with Crippen LogP contribution < -0.4 is 10.6 Å². The molecular formula is C37H40N6O7S. The lowest BCUT2D eigenvalue weighted by Crippen LogP contribution is -2.54. The third-order valence-corrected chi connectivity index (χ3v) is 10.7. The molecule has 4 aromatic rings. The number of anilines is 1. The quantitative estimate of drug-likeness (QED) is 0.143. The van der Waals surface area contributed by atoms with Crippen LogP contribution in [0.2, 0.25) is 0 Å². The molecule has 3 aliphatic rings. The number of aryl methyl sites for hydroxylation is 2. The average Bonchev–Trinajstić information content (AvgIpc) is 3.72. The second-order valence-corrected chi connectivity index (χ2v) is 13.9. The standard InChI is InChI=1S/C37H40N6O7S/c1-22-33-41-40-23(2)42(33)37-27(21-50-22)26(20-24-8-4-3-5-9-24)30(51-37)12-7-16-48-18-19-49-17-15-38-28-11-6-10-25-32(28)36(47)43(35(25)46)29-13-14-31(44)39-34(29)45/h3-6,8-11,22,29,38H,7,12-21H2,1-2H3,(H,39,44,45)/t22-,29?/m0/s1. The Morgan fingerprint density at radius 1 is 0.980 bits per heavy atom. The summed E-state index contributed by atoms with van der Waals surface area (Å²) in [6, 6.07) is 14.5. The fourth-order valence-corrected chi connectivity index (χ4v) is 8.25. The van der Waals surface area contributed by atoms with E-state index >= 15 is 0 Å². The first kappa shape index (κ1) is 34.7. The van der Waals surface area contributed by atoms with Gasteiger partial charge in [-0.1, -0.05) is 36.4 Å². The molecular weight excluding hydrogens is 673 g/mol. The van der Waals surface area contributed by atoms with Gasteiger partial charge in [-0.25, -0.2) is 0 Å². The van der Waals surface area contributed by atoms with Crippen LogP contribution in [0.4, 0.5) is 5.69 Å². The molecule has 2 N–H and O–H groups in total. The summed E-state index contributed by atoms with van der Waals surface area (Å²) in [5.74, 6) is -0.439. The zero-order chi connectivity index (χ0) is 35.5. The average molecular weight is 713 g/mol. The van der Waals surface area contributed by atoms with Crippen molar-refractivity contribution in [2.24, 2.45) is 0 Å². The number of nitrogens with zero attached hydrogens (tertiary/aromatic N) is 4. The monoisotopic (exact) mass is 712 g/mol. The minimum Gasteiger partial charge on any atom is -0.382 e. The molecule has 0 radical (unpaired) electrons. The third-order valence-electron chi connectivity index (χ3n) is 9.39. The van der Waals surface area contributed by atoms with Crippen molar-refractivity contribution in [3.8, 4) is 5.00 Å². The van der Waals surface area contributed by atoms with Gasteiger partial charge in [-0.15, -0.1) is 21.5 Å². The SMILES string of the molecule is Cc1nnc2n1-c1sc(CCCOCCOCCNc3cccc4c3C(=O)N(C3CCC(=O)NC3=O)C4=O)c(Cc3ccccc3)c1CO[C@H]2C. The lowest BCUT2D eigenvalue weighted by molar-refractivity contribution is -0.136. The van der Waals surface area contributed by atoms with Crippen LogP contribution in [0.15, 0.2) is 48.5 Å². The van der Waals surface area contributed by atoms with E-state index in [2.05, 4.69) is 49.7 Å². The Morgan fingerprint density at radius 2 is 1.78 bits per heavy atom. The first-order valence-electron chi connectivity index (χ1n) is 17.3. The van der Waals surface area contributed by atoms with E-state index < -0.39 is 29.7 Å². The predicted molar refractivity (Wildman–Crippen MR) is 188 cm³/mol. The van der Waals surface area contributed by atoms with Gasteiger partial charge in [0.05, 0.1) is 37.6 Å². The number of carbonyl (C=O) groups excluding carboxylic acids is 4. The molecule has 1 unspecified atom stereocenters. The van der Waals surface area contributed by atoms with Gasteiger partial charge in [-0.05, 0) is 62.8 Å². The zero-order valence-corrected chi connectivity index (χ0v) is 29.4. The summed E-state index contributed by atoms with van der Waals surface area (Å²) in [6.07, 6.45) is 2.60. The van der Waals surface area contributed by atoms with Crippen LogP contribution in [0.5, 0.6) is 0 Å². The number of hydrogen-bond donors (Lipinski definition) is 2. The number of fused-ring (bicyclic) bond motifs is 4. The summed E-state index contributed by atoms with van der Waals surface area (Å²) in [6.45, 7) is 6.75. The van der Waals surface area contributed by atoms with Crippen LogP contribution in [0.3, 0.4) is 0 Å². The van der Waals surface area contributed by atoms with E-state index in [1.54, 1.807) is 29.5 Å². The Balaban J connectivity index is 0.880. The number of nitrogens with one attached hydrogen (secondary N) is 2. The fraction of sp³-hybridized carbons (Fsp3) is 0.405. The highest BCUT2D eigenvalue weighted by atomic mass is 32.1. The fourth-order valence-electron chi connectivity index (χ4n) is 6.83. The van der Waals surface area contributed by atoms with Crippen molar-refractivity contribution in [1.29, 1.82) is 0 Å². The first-order valence-corrected chi connectivity index (χ1v) is 18.1. The predicted octanol–water partition coefficient (Wildman–Crippen LogP) is 4.30. The van der Waals surface area contributed by atoms with Gasteiger partial charge in [0.15, 0.2) is 5.82 Å². The molecule has 0 bridgehead atoms. The number of thiophene rings is 1. The molecule has 266 valence electrons. The molecule has 1 saturated heterocycles. The largest absolute Gasteiger partial charge is 0.382 e. The number of aromatic nitrogens is 3. The second-order valence-electron chi connectivity index (χ2n) is 12.8. The lowest BCUT2D eigenvalue weighted by Gasteiger charge is -2.27. The molecule has 0 aliphatic carbocycles. The van der Waals surface area contributed by atoms with E-state index in [-0.39, 0.29) is 30.1 Å². The molecule has 2 aromatic carbocycles.